The molecule has 10 heavy (non-hydrogen) atoms. The average Bonchev–Trinajstić information content (AvgIpc) is 1.80. The number of thiol groups is 1. The van der Waals surface area contributed by atoms with Crippen molar-refractivity contribution in [2.45, 2.75) is 20.8 Å². The highest BCUT2D eigenvalue weighted by Gasteiger charge is 2.13. The molecule has 0 saturated carbocycles. The van der Waals surface area contributed by atoms with Crippen molar-refractivity contribution >= 4 is 12.6 Å². The van der Waals surface area contributed by atoms with Crippen LogP contribution in [0.25, 0.3) is 0 Å². The van der Waals surface area contributed by atoms with Gasteiger partial charge in [-0.1, -0.05) is 45.1 Å². The predicted octanol–water partition coefficient (Wildman–Crippen LogP) is 3.07. The minimum atomic E-state index is 0.232. The Hall–Kier alpha value is -0.170. The Morgan fingerprint density at radius 2 is 2.00 bits per heavy atom. The fourth-order valence-electron chi connectivity index (χ4n) is 0.682. The molecule has 58 valence electrons. The summed E-state index contributed by atoms with van der Waals surface area (Å²) in [6, 6.07) is 0. The van der Waals surface area contributed by atoms with E-state index in [2.05, 4.69) is 40.0 Å². The number of hydrogen-bond donors (Lipinski definition) is 1. The van der Waals surface area contributed by atoms with E-state index in [0.717, 1.165) is 5.75 Å². The van der Waals surface area contributed by atoms with Crippen LogP contribution in [0.3, 0.4) is 0 Å². The van der Waals surface area contributed by atoms with E-state index in [1.165, 1.54) is 5.57 Å². The van der Waals surface area contributed by atoms with Gasteiger partial charge < -0.3 is 0 Å². The Bertz CT molecular complexity index is 137. The van der Waals surface area contributed by atoms with Crippen LogP contribution in [0.5, 0.6) is 0 Å². The van der Waals surface area contributed by atoms with Crippen LogP contribution in [0.4, 0.5) is 0 Å². The van der Waals surface area contributed by atoms with Gasteiger partial charge in [-0.15, -0.1) is 0 Å². The van der Waals surface area contributed by atoms with Gasteiger partial charge >= 0.3 is 0 Å². The van der Waals surface area contributed by atoms with Crippen molar-refractivity contribution in [2.75, 3.05) is 5.75 Å². The maximum absolute atomic E-state index is 4.23. The Balaban J connectivity index is 4.35. The van der Waals surface area contributed by atoms with E-state index in [9.17, 15) is 0 Å². The summed E-state index contributed by atoms with van der Waals surface area (Å²) in [6.07, 6.45) is 3.85. The van der Waals surface area contributed by atoms with Gasteiger partial charge in [-0.25, -0.2) is 0 Å². The third-order valence-corrected chi connectivity index (χ3v) is 1.79. The third-order valence-electron chi connectivity index (χ3n) is 1.45. The van der Waals surface area contributed by atoms with E-state index >= 15 is 0 Å². The second-order valence-corrected chi connectivity index (χ2v) is 3.65. The van der Waals surface area contributed by atoms with Crippen molar-refractivity contribution in [1.82, 2.24) is 0 Å². The molecule has 0 aliphatic carbocycles. The topological polar surface area (TPSA) is 0 Å². The first-order chi connectivity index (χ1) is 4.52. The summed E-state index contributed by atoms with van der Waals surface area (Å²) < 4.78 is 0. The van der Waals surface area contributed by atoms with Gasteiger partial charge in [-0.2, -0.15) is 12.6 Å². The van der Waals surface area contributed by atoms with E-state index in [-0.39, 0.29) is 5.41 Å². The van der Waals surface area contributed by atoms with Crippen LogP contribution < -0.4 is 0 Å². The molecule has 0 rings (SSSR count). The van der Waals surface area contributed by atoms with Crippen LogP contribution in [-0.4, -0.2) is 5.75 Å². The van der Waals surface area contributed by atoms with Crippen molar-refractivity contribution in [2.24, 2.45) is 5.41 Å². The van der Waals surface area contributed by atoms with Gasteiger partial charge in [-0.3, -0.25) is 0 Å². The normalized spacial score (nSPS) is 13.4. The molecule has 0 aromatic carbocycles. The summed E-state index contributed by atoms with van der Waals surface area (Å²) in [5.41, 5.74) is 1.56. The summed E-state index contributed by atoms with van der Waals surface area (Å²) in [6.45, 7) is 10.2. The summed E-state index contributed by atoms with van der Waals surface area (Å²) >= 11 is 4.23. The molecule has 0 amide bonds. The summed E-state index contributed by atoms with van der Waals surface area (Å²) in [7, 11) is 0. The quantitative estimate of drug-likeness (QED) is 0.461. The number of allylic oxidation sites excluding steroid dienone is 2. The zero-order chi connectivity index (χ0) is 8.20. The highest BCUT2D eigenvalue weighted by Crippen LogP contribution is 2.25. The van der Waals surface area contributed by atoms with Crippen LogP contribution in [-0.2, 0) is 0 Å². The minimum absolute atomic E-state index is 0.232. The van der Waals surface area contributed by atoms with Crippen LogP contribution in [0.1, 0.15) is 20.8 Å². The molecule has 0 N–H and O–H groups in total. The van der Waals surface area contributed by atoms with E-state index in [0.29, 0.717) is 0 Å². The SMILES string of the molecule is C=C/C=C(/CS)C(C)(C)C. The van der Waals surface area contributed by atoms with Crippen molar-refractivity contribution in [3.8, 4) is 0 Å². The Morgan fingerprint density at radius 3 is 2.10 bits per heavy atom. The van der Waals surface area contributed by atoms with Crippen LogP contribution >= 0.6 is 12.6 Å². The molecule has 1 heteroatoms. The lowest BCUT2D eigenvalue weighted by atomic mass is 9.87. The smallest absolute Gasteiger partial charge is 0.0121 e. The fourth-order valence-corrected chi connectivity index (χ4v) is 1.26. The van der Waals surface area contributed by atoms with Gasteiger partial charge in [0.1, 0.15) is 0 Å². The van der Waals surface area contributed by atoms with Gasteiger partial charge in [-0.05, 0) is 5.41 Å². The first-order valence-corrected chi connectivity index (χ1v) is 4.08. The van der Waals surface area contributed by atoms with Gasteiger partial charge in [0.05, 0.1) is 0 Å². The van der Waals surface area contributed by atoms with E-state index < -0.39 is 0 Å². The van der Waals surface area contributed by atoms with Crippen molar-refractivity contribution < 1.29 is 0 Å². The largest absolute Gasteiger partial charge is 0.175 e. The molecule has 0 radical (unpaired) electrons. The van der Waals surface area contributed by atoms with E-state index in [4.69, 9.17) is 0 Å². The zero-order valence-corrected chi connectivity index (χ0v) is 7.91. The molecule has 0 heterocycles. The minimum Gasteiger partial charge on any atom is -0.175 e. The van der Waals surface area contributed by atoms with Gasteiger partial charge in [0.2, 0.25) is 0 Å². The molecular formula is C9H16S. The third kappa shape index (κ3) is 3.11. The van der Waals surface area contributed by atoms with Gasteiger partial charge in [0.25, 0.3) is 0 Å². The molecule has 0 aliphatic rings. The second-order valence-electron chi connectivity index (χ2n) is 3.34. The molecule has 0 unspecified atom stereocenters. The van der Waals surface area contributed by atoms with Crippen LogP contribution in [0, 0.1) is 5.41 Å². The number of rotatable bonds is 2. The molecule has 0 fully saturated rings. The maximum Gasteiger partial charge on any atom is 0.0121 e. The van der Waals surface area contributed by atoms with E-state index in [1.807, 2.05) is 12.2 Å². The maximum atomic E-state index is 4.23. The van der Waals surface area contributed by atoms with Crippen molar-refractivity contribution in [3.05, 3.63) is 24.3 Å². The Labute approximate surface area is 69.4 Å². The van der Waals surface area contributed by atoms with Crippen molar-refractivity contribution in [3.63, 3.8) is 0 Å². The lowest BCUT2D eigenvalue weighted by Gasteiger charge is -2.20. The highest BCUT2D eigenvalue weighted by molar-refractivity contribution is 7.80. The summed E-state index contributed by atoms with van der Waals surface area (Å²) in [5.74, 6) is 0.815. The zero-order valence-electron chi connectivity index (χ0n) is 7.02. The monoisotopic (exact) mass is 156 g/mol. The molecule has 0 aromatic rings. The molecule has 0 atom stereocenters. The van der Waals surface area contributed by atoms with Crippen LogP contribution in [0.15, 0.2) is 24.3 Å². The molecule has 0 aliphatic heterocycles. The first kappa shape index (κ1) is 9.83. The number of hydrogen-bond acceptors (Lipinski definition) is 1. The molecule has 0 nitrogen and oxygen atoms in total. The van der Waals surface area contributed by atoms with Gasteiger partial charge in [0.15, 0.2) is 0 Å². The van der Waals surface area contributed by atoms with E-state index in [1.54, 1.807) is 0 Å². The Morgan fingerprint density at radius 1 is 1.50 bits per heavy atom. The molecule has 0 bridgehead atoms. The van der Waals surface area contributed by atoms with Crippen molar-refractivity contribution in [1.29, 1.82) is 0 Å². The van der Waals surface area contributed by atoms with Crippen LogP contribution in [0.2, 0.25) is 0 Å². The Kier molecular flexibility index (Phi) is 3.80. The molecule has 0 saturated heterocycles. The summed E-state index contributed by atoms with van der Waals surface area (Å²) in [5, 5.41) is 0. The highest BCUT2D eigenvalue weighted by atomic mass is 32.1. The molecular weight excluding hydrogens is 140 g/mol. The first-order valence-electron chi connectivity index (χ1n) is 3.45. The lowest BCUT2D eigenvalue weighted by Crippen LogP contribution is -2.10. The second kappa shape index (κ2) is 3.87. The van der Waals surface area contributed by atoms with Gasteiger partial charge in [0, 0.05) is 5.75 Å². The summed E-state index contributed by atoms with van der Waals surface area (Å²) in [4.78, 5) is 0. The molecule has 0 aromatic heterocycles. The predicted molar refractivity (Wildman–Crippen MR) is 51.6 cm³/mol. The lowest BCUT2D eigenvalue weighted by molar-refractivity contribution is 0.506. The standard InChI is InChI=1S/C9H16S/c1-5-6-8(7-10)9(2,3)4/h5-6,10H,1,7H2,2-4H3/b8-6-. The average molecular weight is 156 g/mol. The fraction of sp³-hybridized carbons (Fsp3) is 0.556. The molecule has 0 spiro atoms.